The molecule has 0 amide bonds. The second kappa shape index (κ2) is 9.20. The lowest BCUT2D eigenvalue weighted by Crippen LogP contribution is -2.22. The van der Waals surface area contributed by atoms with Crippen LogP contribution in [0.2, 0.25) is 0 Å². The first-order valence-electron chi connectivity index (χ1n) is 6.82. The third-order valence-corrected chi connectivity index (χ3v) is 3.16. The zero-order valence-corrected chi connectivity index (χ0v) is 10.8. The molecule has 0 aromatic heterocycles. The lowest BCUT2D eigenvalue weighted by molar-refractivity contribution is 0.441. The van der Waals surface area contributed by atoms with Crippen molar-refractivity contribution in [2.24, 2.45) is 11.5 Å². The van der Waals surface area contributed by atoms with Gasteiger partial charge in [-0.1, -0.05) is 49.6 Å². The van der Waals surface area contributed by atoms with Crippen molar-refractivity contribution in [2.75, 3.05) is 6.54 Å². The summed E-state index contributed by atoms with van der Waals surface area (Å²) in [6.45, 7) is 0.787. The summed E-state index contributed by atoms with van der Waals surface area (Å²) in [5.74, 6) is 0. The maximum atomic E-state index is 5.63. The van der Waals surface area contributed by atoms with Crippen LogP contribution < -0.4 is 11.5 Å². The monoisotopic (exact) mass is 234 g/mol. The minimum Gasteiger partial charge on any atom is -0.330 e. The van der Waals surface area contributed by atoms with Gasteiger partial charge >= 0.3 is 0 Å². The van der Waals surface area contributed by atoms with Gasteiger partial charge in [0.25, 0.3) is 0 Å². The number of hydrogen-bond acceptors (Lipinski definition) is 2. The van der Waals surface area contributed by atoms with E-state index in [-0.39, 0.29) is 0 Å². The average Bonchev–Trinajstić information content (AvgIpc) is 2.39. The maximum Gasteiger partial charge on any atom is 0.00388 e. The summed E-state index contributed by atoms with van der Waals surface area (Å²) in [5.41, 5.74) is 12.4. The molecule has 0 aliphatic heterocycles. The third-order valence-electron chi connectivity index (χ3n) is 3.16. The summed E-state index contributed by atoms with van der Waals surface area (Å²) in [4.78, 5) is 0. The van der Waals surface area contributed by atoms with E-state index in [9.17, 15) is 0 Å². The highest BCUT2D eigenvalue weighted by Gasteiger charge is 2.06. The molecule has 1 aliphatic carbocycles. The predicted molar refractivity (Wildman–Crippen MR) is 74.9 cm³/mol. The van der Waals surface area contributed by atoms with Gasteiger partial charge < -0.3 is 11.5 Å². The van der Waals surface area contributed by atoms with Crippen molar-refractivity contribution in [3.63, 3.8) is 0 Å². The number of nitrogens with two attached hydrogens (primary N) is 2. The molecule has 2 nitrogen and oxygen atoms in total. The molecule has 1 aromatic rings. The molecular formula is C15H26N2. The molecule has 4 N–H and O–H groups in total. The molecule has 0 spiro atoms. The summed E-state index contributed by atoms with van der Waals surface area (Å²) < 4.78 is 0. The molecule has 2 heteroatoms. The van der Waals surface area contributed by atoms with Gasteiger partial charge in [-0.3, -0.25) is 0 Å². The highest BCUT2D eigenvalue weighted by Crippen LogP contribution is 2.14. The molecule has 17 heavy (non-hydrogen) atoms. The Hall–Kier alpha value is -0.860. The van der Waals surface area contributed by atoms with E-state index in [1.165, 1.54) is 37.7 Å². The minimum atomic E-state index is 0.536. The lowest BCUT2D eigenvalue weighted by atomic mass is 9.97. The Balaban J connectivity index is 0.000000181. The Morgan fingerprint density at radius 2 is 1.65 bits per heavy atom. The van der Waals surface area contributed by atoms with Crippen LogP contribution in [0.25, 0.3) is 0 Å². The van der Waals surface area contributed by atoms with Gasteiger partial charge in [0.2, 0.25) is 0 Å². The van der Waals surface area contributed by atoms with Crippen molar-refractivity contribution >= 4 is 0 Å². The summed E-state index contributed by atoms with van der Waals surface area (Å²) in [5, 5.41) is 0. The van der Waals surface area contributed by atoms with E-state index in [0.29, 0.717) is 6.04 Å². The normalized spacial score (nSPS) is 16.1. The first kappa shape index (κ1) is 14.2. The lowest BCUT2D eigenvalue weighted by Gasteiger charge is -2.15. The number of aryl methyl sites for hydroxylation is 1. The molecule has 1 aliphatic rings. The summed E-state index contributed by atoms with van der Waals surface area (Å²) >= 11 is 0. The molecule has 0 saturated heterocycles. The van der Waals surface area contributed by atoms with Crippen LogP contribution in [0, 0.1) is 0 Å². The minimum absolute atomic E-state index is 0.536. The Labute approximate surface area is 105 Å². The van der Waals surface area contributed by atoms with Crippen LogP contribution in [0.4, 0.5) is 0 Å². The van der Waals surface area contributed by atoms with Gasteiger partial charge in [0.1, 0.15) is 0 Å². The molecular weight excluding hydrogens is 208 g/mol. The van der Waals surface area contributed by atoms with Crippen molar-refractivity contribution in [3.05, 3.63) is 35.9 Å². The molecule has 2 rings (SSSR count). The van der Waals surface area contributed by atoms with Crippen LogP contribution in [-0.4, -0.2) is 12.6 Å². The molecule has 1 saturated carbocycles. The van der Waals surface area contributed by atoms with Gasteiger partial charge in [0.15, 0.2) is 0 Å². The van der Waals surface area contributed by atoms with Crippen LogP contribution in [0.3, 0.4) is 0 Å². The van der Waals surface area contributed by atoms with Crippen molar-refractivity contribution in [1.29, 1.82) is 0 Å². The first-order valence-corrected chi connectivity index (χ1v) is 6.82. The fourth-order valence-corrected chi connectivity index (χ4v) is 2.09. The van der Waals surface area contributed by atoms with Crippen LogP contribution in [0.1, 0.15) is 44.1 Å². The topological polar surface area (TPSA) is 52.0 Å². The van der Waals surface area contributed by atoms with Gasteiger partial charge in [0, 0.05) is 6.04 Å². The van der Waals surface area contributed by atoms with Crippen LogP contribution >= 0.6 is 0 Å². The van der Waals surface area contributed by atoms with Crippen LogP contribution in [-0.2, 0) is 6.42 Å². The van der Waals surface area contributed by atoms with E-state index in [0.717, 1.165) is 19.4 Å². The zero-order chi connectivity index (χ0) is 12.3. The van der Waals surface area contributed by atoms with Crippen molar-refractivity contribution < 1.29 is 0 Å². The number of rotatable bonds is 3. The maximum absolute atomic E-state index is 5.63. The van der Waals surface area contributed by atoms with E-state index in [4.69, 9.17) is 11.5 Å². The Morgan fingerprint density at radius 1 is 1.00 bits per heavy atom. The van der Waals surface area contributed by atoms with Crippen molar-refractivity contribution in [2.45, 2.75) is 51.0 Å². The molecule has 1 fully saturated rings. The van der Waals surface area contributed by atoms with E-state index >= 15 is 0 Å². The van der Waals surface area contributed by atoms with Gasteiger partial charge in [0.05, 0.1) is 0 Å². The molecule has 0 bridgehead atoms. The Kier molecular flexibility index (Phi) is 7.69. The van der Waals surface area contributed by atoms with E-state index in [1.54, 1.807) is 0 Å². The average molecular weight is 234 g/mol. The van der Waals surface area contributed by atoms with E-state index in [2.05, 4.69) is 24.3 Å². The van der Waals surface area contributed by atoms with Gasteiger partial charge in [-0.05, 0) is 37.8 Å². The third kappa shape index (κ3) is 7.14. The quantitative estimate of drug-likeness (QED) is 0.845. The summed E-state index contributed by atoms with van der Waals surface area (Å²) in [7, 11) is 0. The predicted octanol–water partition coefficient (Wildman–Crippen LogP) is 2.86. The number of benzene rings is 1. The standard InChI is InChI=1S/C9H13N.C6H13N/c10-8-4-7-9-5-2-1-3-6-9;7-6-4-2-1-3-5-6/h1-3,5-6H,4,7-8,10H2;6H,1-5,7H2. The van der Waals surface area contributed by atoms with Crippen LogP contribution in [0.15, 0.2) is 30.3 Å². The highest BCUT2D eigenvalue weighted by atomic mass is 14.6. The van der Waals surface area contributed by atoms with Gasteiger partial charge in [-0.2, -0.15) is 0 Å². The number of hydrogen-bond donors (Lipinski definition) is 2. The fourth-order valence-electron chi connectivity index (χ4n) is 2.09. The molecule has 0 unspecified atom stereocenters. The summed E-state index contributed by atoms with van der Waals surface area (Å²) in [6, 6.07) is 11.0. The molecule has 96 valence electrons. The molecule has 0 atom stereocenters. The molecule has 0 radical (unpaired) electrons. The van der Waals surface area contributed by atoms with Gasteiger partial charge in [-0.15, -0.1) is 0 Å². The molecule has 1 aromatic carbocycles. The largest absolute Gasteiger partial charge is 0.330 e. The molecule has 0 heterocycles. The SMILES string of the molecule is NC1CCCCC1.NCCCc1ccccc1. The van der Waals surface area contributed by atoms with E-state index < -0.39 is 0 Å². The second-order valence-electron chi connectivity index (χ2n) is 4.78. The second-order valence-corrected chi connectivity index (χ2v) is 4.78. The summed E-state index contributed by atoms with van der Waals surface area (Å²) in [6.07, 6.45) is 8.86. The smallest absolute Gasteiger partial charge is 0.00388 e. The van der Waals surface area contributed by atoms with Crippen molar-refractivity contribution in [1.82, 2.24) is 0 Å². The highest BCUT2D eigenvalue weighted by molar-refractivity contribution is 5.14. The Bertz CT molecular complexity index is 266. The first-order chi connectivity index (χ1) is 8.33. The fraction of sp³-hybridized carbons (Fsp3) is 0.600. The Morgan fingerprint density at radius 3 is 2.12 bits per heavy atom. The van der Waals surface area contributed by atoms with Gasteiger partial charge in [-0.25, -0.2) is 0 Å². The van der Waals surface area contributed by atoms with E-state index in [1.807, 2.05) is 6.07 Å². The van der Waals surface area contributed by atoms with Crippen molar-refractivity contribution in [3.8, 4) is 0 Å². The zero-order valence-electron chi connectivity index (χ0n) is 10.8. The van der Waals surface area contributed by atoms with Crippen LogP contribution in [0.5, 0.6) is 0 Å².